The van der Waals surface area contributed by atoms with Crippen molar-refractivity contribution in [2.75, 3.05) is 39.5 Å². The van der Waals surface area contributed by atoms with Gasteiger partial charge < -0.3 is 15.1 Å². The summed E-state index contributed by atoms with van der Waals surface area (Å²) in [5.41, 5.74) is -2.26. The fourth-order valence-corrected chi connectivity index (χ4v) is 3.49. The van der Waals surface area contributed by atoms with E-state index in [1.54, 1.807) is 30.3 Å². The fraction of sp³-hybridized carbons (Fsp3) is 0.320. The topological polar surface area (TPSA) is 61.4 Å². The van der Waals surface area contributed by atoms with Gasteiger partial charge in [0.05, 0.1) is 11.1 Å². The van der Waals surface area contributed by atoms with Crippen LogP contribution in [0.25, 0.3) is 11.1 Å². The highest BCUT2D eigenvalue weighted by Gasteiger charge is 2.37. The van der Waals surface area contributed by atoms with Crippen molar-refractivity contribution in [2.45, 2.75) is 18.9 Å². The zero-order valence-corrected chi connectivity index (χ0v) is 20.3. The lowest BCUT2D eigenvalue weighted by atomic mass is 10.0. The van der Waals surface area contributed by atoms with Crippen LogP contribution in [0.15, 0.2) is 54.7 Å². The van der Waals surface area contributed by atoms with Gasteiger partial charge in [-0.3, -0.25) is 4.79 Å². The zero-order valence-electron chi connectivity index (χ0n) is 20.3. The molecule has 3 rings (SSSR count). The van der Waals surface area contributed by atoms with Gasteiger partial charge in [-0.1, -0.05) is 30.3 Å². The van der Waals surface area contributed by atoms with Gasteiger partial charge in [0.15, 0.2) is 0 Å². The maximum atomic E-state index is 13.4. The monoisotopic (exact) mass is 525 g/mol. The summed E-state index contributed by atoms with van der Waals surface area (Å²) >= 11 is 0. The summed E-state index contributed by atoms with van der Waals surface area (Å²) in [6.07, 6.45) is -8.52. The number of anilines is 1. The SMILES string of the molecule is CN(C)CCNc1ncc(-c2ccccc2)c(C(=O)N(C)Cc2cc(C(F)(F)F)cc(C(F)(F)F)c2)n1. The van der Waals surface area contributed by atoms with E-state index in [-0.39, 0.29) is 23.3 Å². The number of halogens is 6. The predicted octanol–water partition coefficient (Wildman–Crippen LogP) is 5.43. The van der Waals surface area contributed by atoms with Gasteiger partial charge in [-0.2, -0.15) is 26.3 Å². The molecule has 0 radical (unpaired) electrons. The first-order valence-electron chi connectivity index (χ1n) is 11.1. The minimum absolute atomic E-state index is 0.0425. The standard InChI is InChI=1S/C25H25F6N5O/c1-35(2)10-9-32-23-33-14-20(17-7-5-4-6-8-17)21(34-23)22(37)36(3)15-16-11-18(24(26,27)28)13-19(12-16)25(29,30)31/h4-8,11-14H,9-10,15H2,1-3H3,(H,32,33,34). The Morgan fingerprint density at radius 3 is 2.05 bits per heavy atom. The highest BCUT2D eigenvalue weighted by atomic mass is 19.4. The summed E-state index contributed by atoms with van der Waals surface area (Å²) in [6, 6.07) is 10.00. The number of rotatable bonds is 8. The average Bonchev–Trinajstić information content (AvgIpc) is 2.82. The van der Waals surface area contributed by atoms with Gasteiger partial charge in [0.1, 0.15) is 5.69 Å². The summed E-state index contributed by atoms with van der Waals surface area (Å²) in [5.74, 6) is -0.528. The number of carbonyl (C=O) groups excluding carboxylic acids is 1. The number of benzene rings is 2. The number of aromatic nitrogens is 2. The number of nitrogens with one attached hydrogen (secondary N) is 1. The molecule has 6 nitrogen and oxygen atoms in total. The van der Waals surface area contributed by atoms with Gasteiger partial charge in [0, 0.05) is 38.4 Å². The molecule has 1 amide bonds. The zero-order chi connectivity index (χ0) is 27.4. The molecule has 12 heteroatoms. The van der Waals surface area contributed by atoms with E-state index >= 15 is 0 Å². The third-order valence-corrected chi connectivity index (χ3v) is 5.33. The largest absolute Gasteiger partial charge is 0.416 e. The van der Waals surface area contributed by atoms with Crippen molar-refractivity contribution >= 4 is 11.9 Å². The van der Waals surface area contributed by atoms with E-state index in [0.29, 0.717) is 36.3 Å². The van der Waals surface area contributed by atoms with E-state index in [0.717, 1.165) is 4.90 Å². The normalized spacial score (nSPS) is 12.1. The fourth-order valence-electron chi connectivity index (χ4n) is 3.49. The Morgan fingerprint density at radius 2 is 1.51 bits per heavy atom. The van der Waals surface area contributed by atoms with Crippen LogP contribution in [-0.2, 0) is 18.9 Å². The molecule has 1 heterocycles. The lowest BCUT2D eigenvalue weighted by Gasteiger charge is -2.21. The van der Waals surface area contributed by atoms with Crippen LogP contribution < -0.4 is 5.32 Å². The van der Waals surface area contributed by atoms with Crippen molar-refractivity contribution in [3.63, 3.8) is 0 Å². The Morgan fingerprint density at radius 1 is 0.919 bits per heavy atom. The third-order valence-electron chi connectivity index (χ3n) is 5.33. The Bertz CT molecular complexity index is 1200. The minimum atomic E-state index is -4.99. The summed E-state index contributed by atoms with van der Waals surface area (Å²) in [5, 5.41) is 3.00. The average molecular weight is 525 g/mol. The second kappa shape index (κ2) is 11.2. The molecule has 1 aromatic heterocycles. The quantitative estimate of drug-likeness (QED) is 0.398. The highest BCUT2D eigenvalue weighted by Crippen LogP contribution is 2.36. The van der Waals surface area contributed by atoms with Gasteiger partial charge in [-0.15, -0.1) is 0 Å². The molecule has 37 heavy (non-hydrogen) atoms. The third kappa shape index (κ3) is 7.42. The smallest absolute Gasteiger partial charge is 0.353 e. The van der Waals surface area contributed by atoms with Crippen LogP contribution in [0, 0.1) is 0 Å². The summed E-state index contributed by atoms with van der Waals surface area (Å²) in [6.45, 7) is 0.628. The molecule has 0 unspecified atom stereocenters. The first-order valence-corrected chi connectivity index (χ1v) is 11.1. The van der Waals surface area contributed by atoms with Crippen molar-refractivity contribution in [2.24, 2.45) is 0 Å². The van der Waals surface area contributed by atoms with Crippen LogP contribution in [0.5, 0.6) is 0 Å². The Balaban J connectivity index is 1.96. The molecule has 0 fully saturated rings. The number of hydrogen-bond acceptors (Lipinski definition) is 5. The second-order valence-electron chi connectivity index (χ2n) is 8.63. The molecule has 0 aliphatic carbocycles. The molecule has 0 aliphatic heterocycles. The molecular weight excluding hydrogens is 500 g/mol. The Kier molecular flexibility index (Phi) is 8.42. The van der Waals surface area contributed by atoms with Crippen molar-refractivity contribution in [1.82, 2.24) is 19.8 Å². The van der Waals surface area contributed by atoms with E-state index in [1.165, 1.54) is 13.2 Å². The predicted molar refractivity (Wildman–Crippen MR) is 127 cm³/mol. The molecule has 1 N–H and O–H groups in total. The number of likely N-dealkylation sites (N-methyl/N-ethyl adjacent to an activating group) is 1. The van der Waals surface area contributed by atoms with Crippen LogP contribution >= 0.6 is 0 Å². The van der Waals surface area contributed by atoms with Gasteiger partial charge in [0.2, 0.25) is 5.95 Å². The number of alkyl halides is 6. The van der Waals surface area contributed by atoms with E-state index in [4.69, 9.17) is 0 Å². The van der Waals surface area contributed by atoms with E-state index in [9.17, 15) is 31.1 Å². The Hall–Kier alpha value is -3.67. The van der Waals surface area contributed by atoms with E-state index < -0.39 is 35.9 Å². The van der Waals surface area contributed by atoms with Crippen LogP contribution in [0.1, 0.15) is 27.2 Å². The van der Waals surface area contributed by atoms with Crippen molar-refractivity contribution in [3.8, 4) is 11.1 Å². The molecular formula is C25H25F6N5O. The number of amides is 1. The highest BCUT2D eigenvalue weighted by molar-refractivity contribution is 5.99. The minimum Gasteiger partial charge on any atom is -0.353 e. The van der Waals surface area contributed by atoms with Gasteiger partial charge in [-0.25, -0.2) is 9.97 Å². The summed E-state index contributed by atoms with van der Waals surface area (Å²) in [4.78, 5) is 24.9. The molecule has 3 aromatic rings. The van der Waals surface area contributed by atoms with Crippen LogP contribution in [0.2, 0.25) is 0 Å². The maximum absolute atomic E-state index is 13.4. The first-order chi connectivity index (χ1) is 17.3. The van der Waals surface area contributed by atoms with Gasteiger partial charge in [-0.05, 0) is 43.4 Å². The molecule has 2 aromatic carbocycles. The molecule has 198 valence electrons. The van der Waals surface area contributed by atoms with Gasteiger partial charge in [0.25, 0.3) is 5.91 Å². The van der Waals surface area contributed by atoms with Crippen molar-refractivity contribution in [1.29, 1.82) is 0 Å². The first kappa shape index (κ1) is 27.9. The Labute approximate surface area is 209 Å². The van der Waals surface area contributed by atoms with E-state index in [2.05, 4.69) is 15.3 Å². The lowest BCUT2D eigenvalue weighted by molar-refractivity contribution is -0.143. The molecule has 0 aliphatic rings. The summed E-state index contributed by atoms with van der Waals surface area (Å²) < 4.78 is 79.6. The van der Waals surface area contributed by atoms with Crippen molar-refractivity contribution < 1.29 is 31.1 Å². The second-order valence-corrected chi connectivity index (χ2v) is 8.63. The lowest BCUT2D eigenvalue weighted by Crippen LogP contribution is -2.29. The van der Waals surface area contributed by atoms with Crippen LogP contribution in [0.4, 0.5) is 32.3 Å². The van der Waals surface area contributed by atoms with Gasteiger partial charge >= 0.3 is 12.4 Å². The molecule has 0 bridgehead atoms. The van der Waals surface area contributed by atoms with E-state index in [1.807, 2.05) is 19.0 Å². The van der Waals surface area contributed by atoms with Crippen LogP contribution in [-0.4, -0.2) is 59.9 Å². The molecule has 0 saturated carbocycles. The van der Waals surface area contributed by atoms with Crippen LogP contribution in [0.3, 0.4) is 0 Å². The van der Waals surface area contributed by atoms with Crippen molar-refractivity contribution in [3.05, 3.63) is 77.1 Å². The number of nitrogens with zero attached hydrogens (tertiary/aromatic N) is 4. The number of hydrogen-bond donors (Lipinski definition) is 1. The molecule has 0 spiro atoms. The number of carbonyl (C=O) groups is 1. The maximum Gasteiger partial charge on any atom is 0.416 e. The molecule has 0 saturated heterocycles. The summed E-state index contributed by atoms with van der Waals surface area (Å²) in [7, 11) is 5.04. The molecule has 0 atom stereocenters.